The van der Waals surface area contributed by atoms with E-state index in [2.05, 4.69) is 39.9 Å². The van der Waals surface area contributed by atoms with Crippen LogP contribution in [0.25, 0.3) is 11.1 Å². The number of hydrogen-bond acceptors (Lipinski definition) is 6. The number of fused-ring (bicyclic) bond motifs is 3. The number of carbonyl (C=O) groups is 3. The Kier molecular flexibility index (Phi) is 7.16. The van der Waals surface area contributed by atoms with Crippen LogP contribution in [0.15, 0.2) is 53.9 Å². The van der Waals surface area contributed by atoms with Crippen LogP contribution in [0.2, 0.25) is 0 Å². The molecular weight excluding hydrogens is 466 g/mol. The molecule has 0 saturated heterocycles. The van der Waals surface area contributed by atoms with Crippen LogP contribution in [0.4, 0.5) is 4.79 Å². The van der Waals surface area contributed by atoms with Gasteiger partial charge >= 0.3 is 12.1 Å². The van der Waals surface area contributed by atoms with Crippen LogP contribution < -0.4 is 10.6 Å². The second kappa shape index (κ2) is 10.3. The predicted molar refractivity (Wildman–Crippen MR) is 132 cm³/mol. The van der Waals surface area contributed by atoms with Crippen molar-refractivity contribution in [2.75, 3.05) is 13.2 Å². The van der Waals surface area contributed by atoms with Gasteiger partial charge in [-0.15, -0.1) is 11.3 Å². The van der Waals surface area contributed by atoms with Crippen LogP contribution in [0, 0.1) is 5.41 Å². The summed E-state index contributed by atoms with van der Waals surface area (Å²) in [6.07, 6.45) is -0.252. The summed E-state index contributed by atoms with van der Waals surface area (Å²) in [4.78, 5) is 40.0. The molecule has 8 nitrogen and oxygen atoms in total. The molecule has 9 heteroatoms. The van der Waals surface area contributed by atoms with E-state index in [-0.39, 0.29) is 37.2 Å². The summed E-state index contributed by atoms with van der Waals surface area (Å²) < 4.78 is 5.52. The van der Waals surface area contributed by atoms with Gasteiger partial charge in [-0.2, -0.15) is 0 Å². The fraction of sp³-hybridized carbons (Fsp3) is 0.308. The minimum atomic E-state index is -0.923. The van der Waals surface area contributed by atoms with Crippen molar-refractivity contribution in [3.63, 3.8) is 0 Å². The summed E-state index contributed by atoms with van der Waals surface area (Å²) in [5.74, 6) is -1.31. The first-order valence-corrected chi connectivity index (χ1v) is 12.2. The second-order valence-corrected chi connectivity index (χ2v) is 9.94. The number of hydrogen-bond donors (Lipinski definition) is 3. The van der Waals surface area contributed by atoms with E-state index in [4.69, 9.17) is 9.84 Å². The van der Waals surface area contributed by atoms with Crippen LogP contribution in [-0.2, 0) is 16.1 Å². The topological polar surface area (TPSA) is 118 Å². The maximum absolute atomic E-state index is 12.3. The number of alkyl carbamates (subject to hydrolysis) is 1. The number of nitrogens with zero attached hydrogens (tertiary/aromatic N) is 1. The Balaban J connectivity index is 1.26. The lowest BCUT2D eigenvalue weighted by Crippen LogP contribution is -2.32. The van der Waals surface area contributed by atoms with Gasteiger partial charge in [0, 0.05) is 17.8 Å². The fourth-order valence-electron chi connectivity index (χ4n) is 3.98. The summed E-state index contributed by atoms with van der Waals surface area (Å²) in [5.41, 5.74) is 3.92. The number of carboxylic acid groups (broad SMARTS) is 1. The molecule has 182 valence electrons. The van der Waals surface area contributed by atoms with Gasteiger partial charge in [-0.3, -0.25) is 9.59 Å². The van der Waals surface area contributed by atoms with Crippen molar-refractivity contribution in [1.82, 2.24) is 15.6 Å². The van der Waals surface area contributed by atoms with E-state index >= 15 is 0 Å². The largest absolute Gasteiger partial charge is 0.481 e. The maximum atomic E-state index is 12.3. The molecule has 3 aromatic rings. The zero-order valence-corrected chi connectivity index (χ0v) is 20.4. The smallest absolute Gasteiger partial charge is 0.407 e. The van der Waals surface area contributed by atoms with Crippen molar-refractivity contribution in [2.45, 2.75) is 32.7 Å². The van der Waals surface area contributed by atoms with Crippen LogP contribution in [-0.4, -0.2) is 41.2 Å². The van der Waals surface area contributed by atoms with Gasteiger partial charge < -0.3 is 20.5 Å². The highest BCUT2D eigenvalue weighted by Crippen LogP contribution is 2.44. The van der Waals surface area contributed by atoms with E-state index in [1.807, 2.05) is 24.3 Å². The minimum absolute atomic E-state index is 0.0191. The first-order chi connectivity index (χ1) is 16.8. The van der Waals surface area contributed by atoms with E-state index in [1.54, 1.807) is 19.2 Å². The standard InChI is InChI=1S/C26H27N3O5S/c1-26(2,24(31)32)11-12-27-23(30)21-15-35-22(29-21)13-28-25(33)34-14-20-18-9-5-3-7-16(18)17-8-4-6-10-19(17)20/h3-10,15,20H,11-14H2,1-2H3,(H,27,30)(H,28,33)(H,31,32). The number of aliphatic carboxylic acids is 1. The number of aromatic nitrogens is 1. The van der Waals surface area contributed by atoms with Gasteiger partial charge in [0.25, 0.3) is 5.91 Å². The molecule has 0 saturated carbocycles. The first kappa shape index (κ1) is 24.4. The highest BCUT2D eigenvalue weighted by Gasteiger charge is 2.29. The van der Waals surface area contributed by atoms with Gasteiger partial charge in [0.15, 0.2) is 0 Å². The fourth-order valence-corrected chi connectivity index (χ4v) is 4.69. The van der Waals surface area contributed by atoms with E-state index in [9.17, 15) is 14.4 Å². The van der Waals surface area contributed by atoms with Crippen LogP contribution >= 0.6 is 11.3 Å². The molecule has 0 unspecified atom stereocenters. The quantitative estimate of drug-likeness (QED) is 0.406. The van der Waals surface area contributed by atoms with Gasteiger partial charge in [0.2, 0.25) is 0 Å². The molecule has 2 aromatic carbocycles. The van der Waals surface area contributed by atoms with Gasteiger partial charge in [-0.25, -0.2) is 9.78 Å². The molecule has 1 aliphatic carbocycles. The molecule has 1 heterocycles. The van der Waals surface area contributed by atoms with Crippen molar-refractivity contribution < 1.29 is 24.2 Å². The van der Waals surface area contributed by atoms with Crippen LogP contribution in [0.5, 0.6) is 0 Å². The Hall–Kier alpha value is -3.72. The zero-order chi connectivity index (χ0) is 25.0. The number of rotatable bonds is 9. The lowest BCUT2D eigenvalue weighted by atomic mass is 9.90. The average molecular weight is 494 g/mol. The number of carboxylic acids is 1. The molecule has 0 aliphatic heterocycles. The summed E-state index contributed by atoms with van der Waals surface area (Å²) in [7, 11) is 0. The molecule has 4 rings (SSSR count). The number of amides is 2. The van der Waals surface area contributed by atoms with E-state index in [1.165, 1.54) is 11.3 Å². The Morgan fingerprint density at radius 3 is 2.29 bits per heavy atom. The molecule has 0 radical (unpaired) electrons. The number of nitrogens with one attached hydrogen (secondary N) is 2. The van der Waals surface area contributed by atoms with Gasteiger partial charge in [-0.1, -0.05) is 48.5 Å². The van der Waals surface area contributed by atoms with Gasteiger partial charge in [-0.05, 0) is 42.5 Å². The Morgan fingerprint density at radius 2 is 1.66 bits per heavy atom. The van der Waals surface area contributed by atoms with E-state index in [0.717, 1.165) is 22.3 Å². The molecular formula is C26H27N3O5S. The summed E-state index contributed by atoms with van der Waals surface area (Å²) in [6, 6.07) is 16.3. The van der Waals surface area contributed by atoms with Crippen molar-refractivity contribution in [1.29, 1.82) is 0 Å². The van der Waals surface area contributed by atoms with Crippen molar-refractivity contribution >= 4 is 29.3 Å². The van der Waals surface area contributed by atoms with Gasteiger partial charge in [0.1, 0.15) is 17.3 Å². The van der Waals surface area contributed by atoms with Crippen molar-refractivity contribution in [3.8, 4) is 11.1 Å². The number of ether oxygens (including phenoxy) is 1. The molecule has 3 N–H and O–H groups in total. The minimum Gasteiger partial charge on any atom is -0.481 e. The lowest BCUT2D eigenvalue weighted by Gasteiger charge is -2.18. The highest BCUT2D eigenvalue weighted by molar-refractivity contribution is 7.09. The molecule has 0 bridgehead atoms. The molecule has 1 aromatic heterocycles. The third-order valence-electron chi connectivity index (χ3n) is 6.13. The third kappa shape index (κ3) is 5.51. The van der Waals surface area contributed by atoms with Crippen molar-refractivity contribution in [2.24, 2.45) is 5.41 Å². The normalized spacial score (nSPS) is 12.5. The number of benzene rings is 2. The third-order valence-corrected chi connectivity index (χ3v) is 6.98. The summed E-state index contributed by atoms with van der Waals surface area (Å²) >= 11 is 1.25. The Morgan fingerprint density at radius 1 is 1.03 bits per heavy atom. The van der Waals surface area contributed by atoms with Crippen LogP contribution in [0.3, 0.4) is 0 Å². The molecule has 2 amide bonds. The van der Waals surface area contributed by atoms with E-state index < -0.39 is 17.5 Å². The van der Waals surface area contributed by atoms with Gasteiger partial charge in [0.05, 0.1) is 12.0 Å². The monoisotopic (exact) mass is 493 g/mol. The maximum Gasteiger partial charge on any atom is 0.407 e. The highest BCUT2D eigenvalue weighted by atomic mass is 32.1. The molecule has 0 fully saturated rings. The molecule has 1 aliphatic rings. The van der Waals surface area contributed by atoms with Crippen molar-refractivity contribution in [3.05, 3.63) is 75.7 Å². The number of thiazole rings is 1. The lowest BCUT2D eigenvalue weighted by molar-refractivity contribution is -0.147. The second-order valence-electron chi connectivity index (χ2n) is 9.00. The average Bonchev–Trinajstić information content (AvgIpc) is 3.44. The predicted octanol–water partition coefficient (Wildman–Crippen LogP) is 4.41. The Bertz CT molecular complexity index is 1210. The first-order valence-electron chi connectivity index (χ1n) is 11.3. The summed E-state index contributed by atoms with van der Waals surface area (Å²) in [6.45, 7) is 3.80. The zero-order valence-electron chi connectivity index (χ0n) is 19.5. The van der Waals surface area contributed by atoms with Crippen LogP contribution in [0.1, 0.15) is 52.8 Å². The molecule has 0 spiro atoms. The molecule has 35 heavy (non-hydrogen) atoms. The number of carbonyl (C=O) groups excluding carboxylic acids is 2. The summed E-state index contributed by atoms with van der Waals surface area (Å²) in [5, 5.41) is 16.7. The molecule has 0 atom stereocenters. The SMILES string of the molecule is CC(C)(CCNC(=O)c1csc(CNC(=O)OCC2c3ccccc3-c3ccccc32)n1)C(=O)O. The van der Waals surface area contributed by atoms with E-state index in [0.29, 0.717) is 11.4 Å². The Labute approximate surface area is 207 Å².